The quantitative estimate of drug-likeness (QED) is 0.840. The van der Waals surface area contributed by atoms with E-state index in [0.717, 1.165) is 12.1 Å². The summed E-state index contributed by atoms with van der Waals surface area (Å²) in [7, 11) is 0. The van der Waals surface area contributed by atoms with Gasteiger partial charge in [-0.1, -0.05) is 29.8 Å². The standard InChI is InChI=1S/C12H15BrFNO2/c1-7(2)10(6-13)15-12(17)9-4-3-8(14)5-11(9)16/h3-5,7,10,16H,6H2,1-2H3,(H,15,17). The van der Waals surface area contributed by atoms with Gasteiger partial charge in [-0.05, 0) is 18.1 Å². The van der Waals surface area contributed by atoms with Crippen molar-refractivity contribution in [3.05, 3.63) is 29.6 Å². The molecule has 0 saturated carbocycles. The second-order valence-corrected chi connectivity index (χ2v) is 4.79. The largest absolute Gasteiger partial charge is 0.507 e. The fourth-order valence-electron chi connectivity index (χ4n) is 1.33. The number of rotatable bonds is 4. The van der Waals surface area contributed by atoms with E-state index in [1.54, 1.807) is 0 Å². The van der Waals surface area contributed by atoms with Crippen molar-refractivity contribution < 1.29 is 14.3 Å². The molecule has 3 nitrogen and oxygen atoms in total. The molecular weight excluding hydrogens is 289 g/mol. The van der Waals surface area contributed by atoms with Crippen molar-refractivity contribution in [3.63, 3.8) is 0 Å². The Morgan fingerprint density at radius 2 is 2.18 bits per heavy atom. The number of benzene rings is 1. The molecule has 94 valence electrons. The van der Waals surface area contributed by atoms with Gasteiger partial charge in [0.05, 0.1) is 5.56 Å². The van der Waals surface area contributed by atoms with Gasteiger partial charge < -0.3 is 10.4 Å². The third kappa shape index (κ3) is 3.70. The van der Waals surface area contributed by atoms with Crippen molar-refractivity contribution in [2.75, 3.05) is 5.33 Å². The molecule has 0 aliphatic carbocycles. The molecule has 1 amide bonds. The molecule has 1 atom stereocenters. The summed E-state index contributed by atoms with van der Waals surface area (Å²) in [4.78, 5) is 11.8. The van der Waals surface area contributed by atoms with Gasteiger partial charge in [-0.2, -0.15) is 0 Å². The normalized spacial score (nSPS) is 12.5. The van der Waals surface area contributed by atoms with Crippen molar-refractivity contribution in [1.82, 2.24) is 5.32 Å². The van der Waals surface area contributed by atoms with E-state index in [9.17, 15) is 14.3 Å². The van der Waals surface area contributed by atoms with Gasteiger partial charge in [0.1, 0.15) is 11.6 Å². The van der Waals surface area contributed by atoms with Crippen LogP contribution in [0.1, 0.15) is 24.2 Å². The highest BCUT2D eigenvalue weighted by atomic mass is 79.9. The third-order valence-corrected chi connectivity index (χ3v) is 3.19. The van der Waals surface area contributed by atoms with Gasteiger partial charge in [0.2, 0.25) is 0 Å². The van der Waals surface area contributed by atoms with Crippen LogP contribution in [0.25, 0.3) is 0 Å². The first-order chi connectivity index (χ1) is 7.95. The zero-order valence-corrected chi connectivity index (χ0v) is 11.3. The number of carbonyl (C=O) groups is 1. The lowest BCUT2D eigenvalue weighted by atomic mass is 10.1. The molecule has 0 bridgehead atoms. The Bertz CT molecular complexity index is 409. The smallest absolute Gasteiger partial charge is 0.255 e. The van der Waals surface area contributed by atoms with Crippen molar-refractivity contribution in [1.29, 1.82) is 0 Å². The highest BCUT2D eigenvalue weighted by molar-refractivity contribution is 9.09. The highest BCUT2D eigenvalue weighted by Crippen LogP contribution is 2.18. The summed E-state index contributed by atoms with van der Waals surface area (Å²) in [6, 6.07) is 3.30. The lowest BCUT2D eigenvalue weighted by Gasteiger charge is -2.20. The first-order valence-corrected chi connectivity index (χ1v) is 6.43. The zero-order valence-electron chi connectivity index (χ0n) is 9.71. The summed E-state index contributed by atoms with van der Waals surface area (Å²) >= 11 is 3.31. The number of hydrogen-bond acceptors (Lipinski definition) is 2. The Morgan fingerprint density at radius 1 is 1.53 bits per heavy atom. The molecule has 0 aromatic heterocycles. The van der Waals surface area contributed by atoms with Crippen molar-refractivity contribution >= 4 is 21.8 Å². The van der Waals surface area contributed by atoms with Crippen LogP contribution in [0.3, 0.4) is 0 Å². The third-order valence-electron chi connectivity index (χ3n) is 2.49. The molecule has 0 radical (unpaired) electrons. The van der Waals surface area contributed by atoms with Gasteiger partial charge in [0.15, 0.2) is 0 Å². The molecule has 5 heteroatoms. The number of carbonyl (C=O) groups excluding carboxylic acids is 1. The van der Waals surface area contributed by atoms with Crippen LogP contribution in [-0.4, -0.2) is 22.4 Å². The lowest BCUT2D eigenvalue weighted by Crippen LogP contribution is -2.39. The Labute approximate surface area is 108 Å². The molecule has 1 aromatic carbocycles. The number of phenolic OH excluding ortho intramolecular Hbond substituents is 1. The molecule has 1 unspecified atom stereocenters. The maximum atomic E-state index is 12.8. The zero-order chi connectivity index (χ0) is 13.0. The Morgan fingerprint density at radius 3 is 2.65 bits per heavy atom. The van der Waals surface area contributed by atoms with Crippen molar-refractivity contribution in [2.24, 2.45) is 5.92 Å². The van der Waals surface area contributed by atoms with Crippen LogP contribution in [-0.2, 0) is 0 Å². The lowest BCUT2D eigenvalue weighted by molar-refractivity contribution is 0.0929. The van der Waals surface area contributed by atoms with Gasteiger partial charge in [-0.25, -0.2) is 4.39 Å². The Kier molecular flexibility index (Phi) is 4.93. The van der Waals surface area contributed by atoms with Gasteiger partial charge >= 0.3 is 0 Å². The second-order valence-electron chi connectivity index (χ2n) is 4.14. The summed E-state index contributed by atoms with van der Waals surface area (Å²) in [5.74, 6) is -1.05. The van der Waals surface area contributed by atoms with Gasteiger partial charge in [0.25, 0.3) is 5.91 Å². The van der Waals surface area contributed by atoms with E-state index in [2.05, 4.69) is 21.2 Å². The minimum Gasteiger partial charge on any atom is -0.507 e. The van der Waals surface area contributed by atoms with Crippen LogP contribution in [0.4, 0.5) is 4.39 Å². The number of alkyl halides is 1. The summed E-state index contributed by atoms with van der Waals surface area (Å²) in [6.07, 6.45) is 0. The fraction of sp³-hybridized carbons (Fsp3) is 0.417. The van der Waals surface area contributed by atoms with E-state index in [0.29, 0.717) is 5.33 Å². The minimum atomic E-state index is -0.569. The SMILES string of the molecule is CC(C)C(CBr)NC(=O)c1ccc(F)cc1O. The summed E-state index contributed by atoms with van der Waals surface area (Å²) in [5.41, 5.74) is 0.0815. The van der Waals surface area contributed by atoms with E-state index in [-0.39, 0.29) is 23.3 Å². The molecular formula is C12H15BrFNO2. The molecule has 1 rings (SSSR count). The second kappa shape index (κ2) is 6.00. The van der Waals surface area contributed by atoms with Crippen LogP contribution < -0.4 is 5.32 Å². The molecule has 0 aliphatic rings. The monoisotopic (exact) mass is 303 g/mol. The van der Waals surface area contributed by atoms with Gasteiger partial charge in [-0.15, -0.1) is 0 Å². The number of aromatic hydroxyl groups is 1. The summed E-state index contributed by atoms with van der Waals surface area (Å²) in [5, 5.41) is 12.9. The topological polar surface area (TPSA) is 49.3 Å². The number of nitrogens with one attached hydrogen (secondary N) is 1. The van der Waals surface area contributed by atoms with E-state index >= 15 is 0 Å². The van der Waals surface area contributed by atoms with Crippen LogP contribution in [0.5, 0.6) is 5.75 Å². The molecule has 0 aliphatic heterocycles. The average Bonchev–Trinajstić information content (AvgIpc) is 2.24. The van der Waals surface area contributed by atoms with Crippen molar-refractivity contribution in [2.45, 2.75) is 19.9 Å². The predicted octanol–water partition coefficient (Wildman–Crippen LogP) is 2.68. The molecule has 0 fully saturated rings. The molecule has 0 saturated heterocycles. The first kappa shape index (κ1) is 14.0. The maximum Gasteiger partial charge on any atom is 0.255 e. The molecule has 2 N–H and O–H groups in total. The summed E-state index contributed by atoms with van der Waals surface area (Å²) in [6.45, 7) is 3.97. The van der Waals surface area contributed by atoms with Gasteiger partial charge in [-0.3, -0.25) is 4.79 Å². The Balaban J connectivity index is 2.82. The van der Waals surface area contributed by atoms with E-state index in [4.69, 9.17) is 0 Å². The van der Waals surface area contributed by atoms with Crippen LogP contribution in [0.2, 0.25) is 0 Å². The molecule has 0 heterocycles. The van der Waals surface area contributed by atoms with Crippen LogP contribution >= 0.6 is 15.9 Å². The molecule has 17 heavy (non-hydrogen) atoms. The average molecular weight is 304 g/mol. The Hall–Kier alpha value is -1.10. The highest BCUT2D eigenvalue weighted by Gasteiger charge is 2.18. The fourth-order valence-corrected chi connectivity index (χ4v) is 2.24. The van der Waals surface area contributed by atoms with Gasteiger partial charge in [0, 0.05) is 17.4 Å². The number of amides is 1. The number of phenols is 1. The van der Waals surface area contributed by atoms with Crippen molar-refractivity contribution in [3.8, 4) is 5.75 Å². The maximum absolute atomic E-state index is 12.8. The number of halogens is 2. The molecule has 1 aromatic rings. The summed E-state index contributed by atoms with van der Waals surface area (Å²) < 4.78 is 12.8. The van der Waals surface area contributed by atoms with E-state index in [1.165, 1.54) is 6.07 Å². The van der Waals surface area contributed by atoms with E-state index < -0.39 is 11.7 Å². The first-order valence-electron chi connectivity index (χ1n) is 5.31. The van der Waals surface area contributed by atoms with E-state index in [1.807, 2.05) is 13.8 Å². The minimum absolute atomic E-state index is 0.0352. The number of hydrogen-bond donors (Lipinski definition) is 2. The van der Waals surface area contributed by atoms with Crippen LogP contribution in [0.15, 0.2) is 18.2 Å². The predicted molar refractivity (Wildman–Crippen MR) is 68.0 cm³/mol. The molecule has 0 spiro atoms. The van der Waals surface area contributed by atoms with Crippen LogP contribution in [0, 0.1) is 11.7 Å².